The lowest BCUT2D eigenvalue weighted by Crippen LogP contribution is -1.85. The van der Waals surface area contributed by atoms with Gasteiger partial charge in [-0.1, -0.05) is 7.43 Å². The Morgan fingerprint density at radius 2 is 1.71 bits per heavy atom. The van der Waals surface area contributed by atoms with Gasteiger partial charge in [0.15, 0.2) is 0 Å². The Hall–Kier alpha value is -1.20. The van der Waals surface area contributed by atoms with Crippen LogP contribution in [0.5, 0.6) is 0 Å². The first-order chi connectivity index (χ1) is 6.09. The maximum Gasteiger partial charge on any atom is 0.316 e. The van der Waals surface area contributed by atoms with Crippen molar-refractivity contribution in [3.05, 3.63) is 29.8 Å². The molecule has 0 N–H and O–H groups in total. The number of carbonyl (C=O) groups excluding carboxylic acids is 1. The van der Waals surface area contributed by atoms with Crippen LogP contribution in [0.1, 0.15) is 17.8 Å². The minimum Gasteiger partial charge on any atom is -0.276 e. The van der Waals surface area contributed by atoms with Crippen molar-refractivity contribution in [1.82, 2.24) is 0 Å². The second kappa shape index (κ2) is 5.51. The maximum absolute atomic E-state index is 10.6. The first-order valence-electron chi connectivity index (χ1n) is 3.20. The molecule has 0 bridgehead atoms. The lowest BCUT2D eigenvalue weighted by molar-refractivity contribution is 0.108. The van der Waals surface area contributed by atoms with Gasteiger partial charge in [0.2, 0.25) is 0 Å². The third kappa shape index (κ3) is 3.68. The monoisotopic (exact) mass is 233 g/mol. The highest BCUT2D eigenvalue weighted by atomic mass is 35.5. The summed E-state index contributed by atoms with van der Waals surface area (Å²) in [6.07, 6.45) is 0. The Bertz CT molecular complexity index is 442. The average molecular weight is 234 g/mol. The zero-order valence-corrected chi connectivity index (χ0v) is 7.84. The summed E-state index contributed by atoms with van der Waals surface area (Å²) < 4.78 is 23.5. The molecule has 0 spiro atoms. The Labute approximate surface area is 88.2 Å². The number of halogens is 1. The van der Waals surface area contributed by atoms with E-state index in [0.717, 1.165) is 0 Å². The van der Waals surface area contributed by atoms with Crippen molar-refractivity contribution >= 4 is 33.0 Å². The maximum atomic E-state index is 10.6. The smallest absolute Gasteiger partial charge is 0.276 e. The topological polar surface area (TPSA) is 63.6 Å². The fraction of sp³-hybridized carbons (Fsp3) is 0.125. The Balaban J connectivity index is 0.00000169. The van der Waals surface area contributed by atoms with Crippen LogP contribution in [0.15, 0.2) is 28.6 Å². The standard InChI is InChI=1S/C7H4ClNO3S.CH4/c8-7(10)5-1-3-6(4-2-5)9-13(11)12;/h1-4H;1H4. The molecule has 4 nitrogen and oxygen atoms in total. The summed E-state index contributed by atoms with van der Waals surface area (Å²) in [5.74, 6) is 0. The van der Waals surface area contributed by atoms with Crippen molar-refractivity contribution < 1.29 is 13.2 Å². The van der Waals surface area contributed by atoms with E-state index in [9.17, 15) is 13.2 Å². The van der Waals surface area contributed by atoms with Crippen LogP contribution in [0.2, 0.25) is 0 Å². The van der Waals surface area contributed by atoms with Gasteiger partial charge in [0.05, 0.1) is 5.69 Å². The molecular weight excluding hydrogens is 226 g/mol. The molecule has 0 unspecified atom stereocenters. The van der Waals surface area contributed by atoms with Gasteiger partial charge in [-0.2, -0.15) is 8.42 Å². The normalized spacial score (nSPS) is 8.64. The molecule has 1 rings (SSSR count). The fourth-order valence-electron chi connectivity index (χ4n) is 0.739. The van der Waals surface area contributed by atoms with Gasteiger partial charge in [-0.3, -0.25) is 4.79 Å². The highest BCUT2D eigenvalue weighted by Gasteiger charge is 1.99. The molecule has 0 aliphatic carbocycles. The van der Waals surface area contributed by atoms with E-state index < -0.39 is 15.7 Å². The van der Waals surface area contributed by atoms with Gasteiger partial charge in [0.25, 0.3) is 5.24 Å². The second-order valence-electron chi connectivity index (χ2n) is 2.13. The van der Waals surface area contributed by atoms with Crippen molar-refractivity contribution in [2.45, 2.75) is 7.43 Å². The van der Waals surface area contributed by atoms with Crippen LogP contribution in [0.25, 0.3) is 0 Å². The highest BCUT2D eigenvalue weighted by Crippen LogP contribution is 2.13. The molecule has 0 aliphatic rings. The van der Waals surface area contributed by atoms with Crippen molar-refractivity contribution in [2.24, 2.45) is 4.36 Å². The van der Waals surface area contributed by atoms with Crippen LogP contribution >= 0.6 is 11.6 Å². The molecule has 0 atom stereocenters. The van der Waals surface area contributed by atoms with Gasteiger partial charge < -0.3 is 0 Å². The molecular formula is C8H8ClNO3S. The first-order valence-corrected chi connectivity index (χ1v) is 4.61. The number of hydrogen-bond acceptors (Lipinski definition) is 4. The van der Waals surface area contributed by atoms with E-state index in [4.69, 9.17) is 11.6 Å². The Morgan fingerprint density at radius 3 is 2.07 bits per heavy atom. The molecule has 76 valence electrons. The Morgan fingerprint density at radius 1 is 1.21 bits per heavy atom. The molecule has 1 aromatic rings. The quantitative estimate of drug-likeness (QED) is 0.737. The summed E-state index contributed by atoms with van der Waals surface area (Å²) in [5.41, 5.74) is 0.562. The molecule has 0 aromatic heterocycles. The van der Waals surface area contributed by atoms with Crippen molar-refractivity contribution in [2.75, 3.05) is 0 Å². The summed E-state index contributed by atoms with van der Waals surface area (Å²) in [5, 5.41) is -0.588. The number of hydrogen-bond donors (Lipinski definition) is 0. The first kappa shape index (κ1) is 12.8. The Kier molecular flexibility index (Phi) is 5.04. The molecule has 0 aliphatic heterocycles. The molecule has 0 heterocycles. The average Bonchev–Trinajstić information content (AvgIpc) is 2.04. The molecule has 0 saturated carbocycles. The summed E-state index contributed by atoms with van der Waals surface area (Å²) in [6, 6.07) is 5.60. The van der Waals surface area contributed by atoms with Crippen LogP contribution in [-0.4, -0.2) is 13.7 Å². The largest absolute Gasteiger partial charge is 0.316 e. The van der Waals surface area contributed by atoms with Crippen LogP contribution < -0.4 is 0 Å². The predicted octanol–water partition coefficient (Wildman–Crippen LogP) is 2.40. The van der Waals surface area contributed by atoms with Crippen LogP contribution in [0, 0.1) is 0 Å². The summed E-state index contributed by atoms with van der Waals surface area (Å²) in [7, 11) is -2.48. The predicted molar refractivity (Wildman–Crippen MR) is 54.4 cm³/mol. The van der Waals surface area contributed by atoms with Crippen molar-refractivity contribution in [3.8, 4) is 0 Å². The van der Waals surface area contributed by atoms with E-state index in [0.29, 0.717) is 5.56 Å². The lowest BCUT2D eigenvalue weighted by atomic mass is 10.2. The molecule has 6 heteroatoms. The zero-order valence-electron chi connectivity index (χ0n) is 6.27. The second-order valence-corrected chi connectivity index (χ2v) is 3.09. The van der Waals surface area contributed by atoms with Gasteiger partial charge in [0, 0.05) is 5.56 Å². The fourth-order valence-corrected chi connectivity index (χ4v) is 1.16. The van der Waals surface area contributed by atoms with E-state index in [2.05, 4.69) is 4.36 Å². The number of carbonyl (C=O) groups is 1. The molecule has 0 radical (unpaired) electrons. The van der Waals surface area contributed by atoms with Gasteiger partial charge in [0.1, 0.15) is 0 Å². The highest BCUT2D eigenvalue weighted by molar-refractivity contribution is 7.61. The van der Waals surface area contributed by atoms with Crippen molar-refractivity contribution in [3.63, 3.8) is 0 Å². The summed E-state index contributed by atoms with van der Waals surface area (Å²) >= 11 is 5.17. The SMILES string of the molecule is C.O=C(Cl)c1ccc(N=S(=O)=O)cc1. The van der Waals surface area contributed by atoms with E-state index in [1.54, 1.807) is 0 Å². The number of benzene rings is 1. The summed E-state index contributed by atoms with van der Waals surface area (Å²) in [4.78, 5) is 10.6. The molecule has 0 amide bonds. The van der Waals surface area contributed by atoms with E-state index >= 15 is 0 Å². The van der Waals surface area contributed by atoms with Gasteiger partial charge >= 0.3 is 10.5 Å². The van der Waals surface area contributed by atoms with E-state index in [1.807, 2.05) is 0 Å². The lowest BCUT2D eigenvalue weighted by Gasteiger charge is -1.92. The third-order valence-corrected chi connectivity index (χ3v) is 1.85. The van der Waals surface area contributed by atoms with E-state index in [-0.39, 0.29) is 13.1 Å². The van der Waals surface area contributed by atoms with Crippen LogP contribution in [0.4, 0.5) is 5.69 Å². The zero-order chi connectivity index (χ0) is 9.84. The van der Waals surface area contributed by atoms with Crippen LogP contribution in [-0.2, 0) is 10.5 Å². The van der Waals surface area contributed by atoms with Gasteiger partial charge in [-0.05, 0) is 35.9 Å². The number of rotatable bonds is 2. The number of nitrogens with zero attached hydrogens (tertiary/aromatic N) is 1. The van der Waals surface area contributed by atoms with E-state index in [1.165, 1.54) is 24.3 Å². The molecule has 1 aromatic carbocycles. The van der Waals surface area contributed by atoms with Crippen molar-refractivity contribution in [1.29, 1.82) is 0 Å². The van der Waals surface area contributed by atoms with Gasteiger partial charge in [-0.15, -0.1) is 4.36 Å². The molecule has 14 heavy (non-hydrogen) atoms. The summed E-state index contributed by atoms with van der Waals surface area (Å²) in [6.45, 7) is 0. The third-order valence-electron chi connectivity index (χ3n) is 1.27. The van der Waals surface area contributed by atoms with Crippen LogP contribution in [0.3, 0.4) is 0 Å². The molecule has 0 fully saturated rings. The minimum atomic E-state index is -2.48. The van der Waals surface area contributed by atoms with Gasteiger partial charge in [-0.25, -0.2) is 0 Å². The minimum absolute atomic E-state index is 0. The molecule has 0 saturated heterocycles.